The third-order valence-corrected chi connectivity index (χ3v) is 4.89. The summed E-state index contributed by atoms with van der Waals surface area (Å²) in [7, 11) is 3.28. The summed E-state index contributed by atoms with van der Waals surface area (Å²) in [6, 6.07) is 0. The number of carbonyl (C=O) groups excluding carboxylic acids is 1. The van der Waals surface area contributed by atoms with Crippen LogP contribution in [0.5, 0.6) is 0 Å². The van der Waals surface area contributed by atoms with E-state index >= 15 is 0 Å². The number of ether oxygens (including phenoxy) is 4. The first-order valence-corrected chi connectivity index (χ1v) is 11.8. The molecule has 0 aromatic rings. The van der Waals surface area contributed by atoms with Crippen LogP contribution in [0.15, 0.2) is 24.5 Å². The Bertz CT molecular complexity index is 382. The van der Waals surface area contributed by atoms with Gasteiger partial charge in [-0.25, -0.2) is 0 Å². The van der Waals surface area contributed by atoms with Gasteiger partial charge >= 0.3 is 5.97 Å². The molecule has 0 spiro atoms. The second-order valence-electron chi connectivity index (χ2n) is 7.68. The van der Waals surface area contributed by atoms with E-state index in [9.17, 15) is 4.79 Å². The Hall–Kier alpha value is -1.33. The molecular weight excluding hydrogens is 380 g/mol. The highest BCUT2D eigenvalue weighted by Crippen LogP contribution is 2.12. The molecule has 0 heterocycles. The number of rotatable bonds is 23. The molecule has 0 N–H and O–H groups in total. The smallest absolute Gasteiger partial charge is 0.305 e. The van der Waals surface area contributed by atoms with Gasteiger partial charge in [0, 0.05) is 27.1 Å². The minimum atomic E-state index is -0.104. The number of allylic oxidation sites excluding steroid dienone is 3. The van der Waals surface area contributed by atoms with Crippen molar-refractivity contribution in [2.24, 2.45) is 0 Å². The summed E-state index contributed by atoms with van der Waals surface area (Å²) in [4.78, 5) is 11.4. The molecule has 0 fully saturated rings. The number of hydrogen-bond acceptors (Lipinski definition) is 5. The number of esters is 1. The number of carbonyl (C=O) groups is 1. The van der Waals surface area contributed by atoms with E-state index in [-0.39, 0.29) is 5.97 Å². The van der Waals surface area contributed by atoms with Crippen LogP contribution in [0.3, 0.4) is 0 Å². The first-order valence-electron chi connectivity index (χ1n) is 11.8. The highest BCUT2D eigenvalue weighted by atomic mass is 16.6. The third kappa shape index (κ3) is 23.0. The summed E-state index contributed by atoms with van der Waals surface area (Å²) < 4.78 is 20.3. The van der Waals surface area contributed by atoms with E-state index in [0.29, 0.717) is 32.8 Å². The molecule has 0 amide bonds. The van der Waals surface area contributed by atoms with Crippen LogP contribution in [0.2, 0.25) is 0 Å². The first-order chi connectivity index (χ1) is 14.7. The van der Waals surface area contributed by atoms with Crippen molar-refractivity contribution in [3.63, 3.8) is 0 Å². The van der Waals surface area contributed by atoms with Crippen LogP contribution in [0.4, 0.5) is 0 Å². The van der Waals surface area contributed by atoms with Gasteiger partial charge in [0.25, 0.3) is 0 Å². The van der Waals surface area contributed by atoms with Crippen molar-refractivity contribution in [3.8, 4) is 0 Å². The van der Waals surface area contributed by atoms with Gasteiger partial charge < -0.3 is 18.9 Å². The Balaban J connectivity index is 3.24. The molecule has 0 saturated carbocycles. The van der Waals surface area contributed by atoms with Gasteiger partial charge in [0.15, 0.2) is 0 Å². The predicted molar refractivity (Wildman–Crippen MR) is 124 cm³/mol. The van der Waals surface area contributed by atoms with Gasteiger partial charge in [-0.2, -0.15) is 0 Å². The minimum absolute atomic E-state index is 0.104. The lowest BCUT2D eigenvalue weighted by atomic mass is 10.1. The molecular formula is C25H46O5. The fourth-order valence-electron chi connectivity index (χ4n) is 3.06. The quantitative estimate of drug-likeness (QED) is 0.0822. The molecule has 0 unspecified atom stereocenters. The Morgan fingerprint density at radius 2 is 1.10 bits per heavy atom. The summed E-state index contributed by atoms with van der Waals surface area (Å²) >= 11 is 0. The van der Waals surface area contributed by atoms with Gasteiger partial charge in [-0.3, -0.25) is 4.79 Å². The number of methoxy groups -OCH3 is 2. The summed E-state index contributed by atoms with van der Waals surface area (Å²) in [6.45, 7) is 6.01. The maximum Gasteiger partial charge on any atom is 0.305 e. The zero-order valence-corrected chi connectivity index (χ0v) is 19.6. The van der Waals surface area contributed by atoms with Crippen molar-refractivity contribution in [1.82, 2.24) is 0 Å². The highest BCUT2D eigenvalue weighted by molar-refractivity contribution is 5.69. The molecule has 30 heavy (non-hydrogen) atoms. The molecule has 0 aromatic heterocycles. The fourth-order valence-corrected chi connectivity index (χ4v) is 3.06. The largest absolute Gasteiger partial charge is 0.496 e. The molecule has 0 atom stereocenters. The van der Waals surface area contributed by atoms with Crippen LogP contribution in [-0.4, -0.2) is 46.6 Å². The van der Waals surface area contributed by atoms with Crippen LogP contribution in [0.1, 0.15) is 89.9 Å². The highest BCUT2D eigenvalue weighted by Gasteiger charge is 2.01. The minimum Gasteiger partial charge on any atom is -0.496 e. The fraction of sp³-hybridized carbons (Fsp3) is 0.800. The van der Waals surface area contributed by atoms with E-state index in [1.165, 1.54) is 57.8 Å². The zero-order valence-electron chi connectivity index (χ0n) is 19.6. The van der Waals surface area contributed by atoms with Gasteiger partial charge in [0.05, 0.1) is 19.0 Å². The Morgan fingerprint density at radius 3 is 1.67 bits per heavy atom. The van der Waals surface area contributed by atoms with E-state index in [2.05, 4.69) is 18.7 Å². The van der Waals surface area contributed by atoms with Crippen LogP contribution in [0, 0.1) is 0 Å². The van der Waals surface area contributed by atoms with Crippen LogP contribution in [0.25, 0.3) is 0 Å². The zero-order chi connectivity index (χ0) is 22.1. The summed E-state index contributed by atoms with van der Waals surface area (Å²) in [5.74, 6) is 0.780. The van der Waals surface area contributed by atoms with Gasteiger partial charge in [-0.1, -0.05) is 57.3 Å². The maximum absolute atomic E-state index is 11.4. The standard InChI is InChI=1S/C25H46O5/c1-24(29-22-20-27-2)18-16-14-12-10-8-6-4-5-7-9-11-13-15-17-19-25(26)30-23-21-28-3/h4-5H,1,6-23H2,2-3H3/b5-4+. The number of hydrogen-bond donors (Lipinski definition) is 0. The van der Waals surface area contributed by atoms with E-state index in [1.54, 1.807) is 14.2 Å². The molecule has 5 heteroatoms. The molecule has 0 aromatic carbocycles. The average Bonchev–Trinajstić information content (AvgIpc) is 2.73. The summed E-state index contributed by atoms with van der Waals surface area (Å²) in [5.41, 5.74) is 0. The lowest BCUT2D eigenvalue weighted by Crippen LogP contribution is -2.09. The summed E-state index contributed by atoms with van der Waals surface area (Å²) in [5, 5.41) is 0. The van der Waals surface area contributed by atoms with Crippen LogP contribution < -0.4 is 0 Å². The maximum atomic E-state index is 11.4. The second kappa shape index (κ2) is 23.9. The molecule has 0 aliphatic carbocycles. The van der Waals surface area contributed by atoms with Crippen molar-refractivity contribution < 1.29 is 23.7 Å². The average molecular weight is 427 g/mol. The van der Waals surface area contributed by atoms with E-state index in [4.69, 9.17) is 18.9 Å². The number of unbranched alkanes of at least 4 members (excludes halogenated alkanes) is 10. The molecule has 0 saturated heterocycles. The van der Waals surface area contributed by atoms with Gasteiger partial charge in [0.2, 0.25) is 0 Å². The topological polar surface area (TPSA) is 54.0 Å². The van der Waals surface area contributed by atoms with E-state index in [0.717, 1.165) is 31.4 Å². The van der Waals surface area contributed by atoms with E-state index in [1.807, 2.05) is 0 Å². The van der Waals surface area contributed by atoms with Crippen molar-refractivity contribution in [2.75, 3.05) is 40.6 Å². The first kappa shape index (κ1) is 28.7. The second-order valence-corrected chi connectivity index (χ2v) is 7.68. The van der Waals surface area contributed by atoms with Gasteiger partial charge in [-0.05, 0) is 38.5 Å². The summed E-state index contributed by atoms with van der Waals surface area (Å²) in [6.07, 6.45) is 20.5. The lowest BCUT2D eigenvalue weighted by molar-refractivity contribution is -0.145. The molecule has 5 nitrogen and oxygen atoms in total. The molecule has 0 radical (unpaired) electrons. The Labute approximate surface area is 185 Å². The monoisotopic (exact) mass is 426 g/mol. The van der Waals surface area contributed by atoms with Crippen LogP contribution in [-0.2, 0) is 23.7 Å². The Morgan fingerprint density at radius 1 is 0.633 bits per heavy atom. The normalized spacial score (nSPS) is 11.1. The van der Waals surface area contributed by atoms with E-state index < -0.39 is 0 Å². The van der Waals surface area contributed by atoms with Crippen molar-refractivity contribution in [1.29, 1.82) is 0 Å². The molecule has 176 valence electrons. The van der Waals surface area contributed by atoms with Crippen molar-refractivity contribution >= 4 is 5.97 Å². The molecule has 0 aliphatic heterocycles. The molecule has 0 aliphatic rings. The van der Waals surface area contributed by atoms with Gasteiger partial charge in [0.1, 0.15) is 13.2 Å². The van der Waals surface area contributed by atoms with Crippen molar-refractivity contribution in [3.05, 3.63) is 24.5 Å². The van der Waals surface area contributed by atoms with Crippen molar-refractivity contribution in [2.45, 2.75) is 89.9 Å². The molecule has 0 bridgehead atoms. The van der Waals surface area contributed by atoms with Crippen LogP contribution >= 0.6 is 0 Å². The van der Waals surface area contributed by atoms with Gasteiger partial charge in [-0.15, -0.1) is 0 Å². The predicted octanol–water partition coefficient (Wildman–Crippen LogP) is 6.37. The lowest BCUT2D eigenvalue weighted by Gasteiger charge is -2.08. The molecule has 0 rings (SSSR count). The Kier molecular flexibility index (Phi) is 22.9. The third-order valence-electron chi connectivity index (χ3n) is 4.89. The SMILES string of the molecule is C=C(CCCCCCC/C=C/CCCCCCCC(=O)OCCOC)OCCOC.